The van der Waals surface area contributed by atoms with E-state index in [1.165, 1.54) is 11.1 Å². The standard InChI is InChI=1S/C23H26N4O/c1-16-9-11-17(12-10-16)20-14-27(15-21(20)26(2)3)23(28)19-13-24-25-22(19)18-7-5-4-6-8-18/h4-13,20-21H,14-15H2,1-3H3,(H,24,25)/t20-,21+/m1/s1. The molecule has 0 saturated carbocycles. The summed E-state index contributed by atoms with van der Waals surface area (Å²) in [4.78, 5) is 17.5. The van der Waals surface area contributed by atoms with Crippen LogP contribution < -0.4 is 0 Å². The van der Waals surface area contributed by atoms with Gasteiger partial charge in [-0.05, 0) is 26.6 Å². The minimum Gasteiger partial charge on any atom is -0.336 e. The van der Waals surface area contributed by atoms with Crippen LogP contribution in [0.5, 0.6) is 0 Å². The van der Waals surface area contributed by atoms with E-state index in [4.69, 9.17) is 0 Å². The number of benzene rings is 2. The van der Waals surface area contributed by atoms with E-state index in [1.807, 2.05) is 35.2 Å². The summed E-state index contributed by atoms with van der Waals surface area (Å²) in [5.41, 5.74) is 4.93. The highest BCUT2D eigenvalue weighted by Crippen LogP contribution is 2.32. The van der Waals surface area contributed by atoms with Gasteiger partial charge in [0, 0.05) is 30.6 Å². The van der Waals surface area contributed by atoms with Crippen LogP contribution in [0.15, 0.2) is 60.8 Å². The Labute approximate surface area is 166 Å². The van der Waals surface area contributed by atoms with E-state index in [2.05, 4.69) is 60.4 Å². The summed E-state index contributed by atoms with van der Waals surface area (Å²) >= 11 is 0. The third-order valence-electron chi connectivity index (χ3n) is 5.68. The van der Waals surface area contributed by atoms with Gasteiger partial charge in [-0.1, -0.05) is 60.2 Å². The van der Waals surface area contributed by atoms with E-state index in [-0.39, 0.29) is 5.91 Å². The van der Waals surface area contributed by atoms with Crippen LogP contribution in [0.25, 0.3) is 11.3 Å². The molecular weight excluding hydrogens is 348 g/mol. The second kappa shape index (κ2) is 7.60. The van der Waals surface area contributed by atoms with Crippen LogP contribution in [0.4, 0.5) is 0 Å². The highest BCUT2D eigenvalue weighted by molar-refractivity contribution is 6.00. The predicted octanol–water partition coefficient (Wildman–Crippen LogP) is 3.55. The number of likely N-dealkylation sites (N-methyl/N-ethyl adjacent to an activating group) is 1. The third kappa shape index (κ3) is 3.45. The molecule has 0 unspecified atom stereocenters. The molecule has 1 fully saturated rings. The third-order valence-corrected chi connectivity index (χ3v) is 5.68. The monoisotopic (exact) mass is 374 g/mol. The summed E-state index contributed by atoms with van der Waals surface area (Å²) in [6.45, 7) is 3.52. The Balaban J connectivity index is 1.61. The lowest BCUT2D eigenvalue weighted by molar-refractivity contribution is 0.0783. The lowest BCUT2D eigenvalue weighted by Crippen LogP contribution is -2.35. The van der Waals surface area contributed by atoms with Crippen molar-refractivity contribution in [3.05, 3.63) is 77.5 Å². The Morgan fingerprint density at radius 2 is 1.79 bits per heavy atom. The quantitative estimate of drug-likeness (QED) is 0.760. The van der Waals surface area contributed by atoms with Crippen LogP contribution >= 0.6 is 0 Å². The minimum atomic E-state index is 0.0362. The molecule has 0 spiro atoms. The maximum atomic E-state index is 13.3. The molecule has 2 heterocycles. The Morgan fingerprint density at radius 3 is 2.46 bits per heavy atom. The van der Waals surface area contributed by atoms with Gasteiger partial charge < -0.3 is 9.80 Å². The van der Waals surface area contributed by atoms with Crippen LogP contribution in [0.2, 0.25) is 0 Å². The Hall–Kier alpha value is -2.92. The highest BCUT2D eigenvalue weighted by atomic mass is 16.2. The Kier molecular flexibility index (Phi) is 5.01. The molecule has 0 aliphatic carbocycles. The van der Waals surface area contributed by atoms with Crippen molar-refractivity contribution < 1.29 is 4.79 Å². The Morgan fingerprint density at radius 1 is 1.07 bits per heavy atom. The van der Waals surface area contributed by atoms with Crippen molar-refractivity contribution in [2.75, 3.05) is 27.2 Å². The molecule has 28 heavy (non-hydrogen) atoms. The zero-order valence-corrected chi connectivity index (χ0v) is 16.6. The van der Waals surface area contributed by atoms with E-state index in [0.717, 1.165) is 11.3 Å². The van der Waals surface area contributed by atoms with Gasteiger partial charge in [-0.3, -0.25) is 9.89 Å². The van der Waals surface area contributed by atoms with Gasteiger partial charge in [-0.2, -0.15) is 5.10 Å². The number of nitrogens with one attached hydrogen (secondary N) is 1. The molecule has 1 aliphatic rings. The molecule has 2 aromatic carbocycles. The first kappa shape index (κ1) is 18.4. The highest BCUT2D eigenvalue weighted by Gasteiger charge is 2.38. The van der Waals surface area contributed by atoms with Crippen LogP contribution in [-0.2, 0) is 0 Å². The summed E-state index contributed by atoms with van der Waals surface area (Å²) in [6, 6.07) is 18.9. The number of hydrogen-bond donors (Lipinski definition) is 1. The van der Waals surface area contributed by atoms with Crippen molar-refractivity contribution in [2.45, 2.75) is 18.9 Å². The average molecular weight is 374 g/mol. The summed E-state index contributed by atoms with van der Waals surface area (Å²) in [7, 11) is 4.18. The van der Waals surface area contributed by atoms with Gasteiger partial charge in [0.15, 0.2) is 0 Å². The maximum absolute atomic E-state index is 13.3. The van der Waals surface area contributed by atoms with Gasteiger partial charge in [-0.15, -0.1) is 0 Å². The molecule has 144 valence electrons. The zero-order chi connectivity index (χ0) is 19.7. The van der Waals surface area contributed by atoms with E-state index in [1.54, 1.807) is 6.20 Å². The normalized spacial score (nSPS) is 19.4. The molecule has 1 aromatic heterocycles. The molecule has 1 N–H and O–H groups in total. The van der Waals surface area contributed by atoms with Crippen molar-refractivity contribution in [1.82, 2.24) is 20.0 Å². The smallest absolute Gasteiger partial charge is 0.257 e. The number of amides is 1. The van der Waals surface area contributed by atoms with Crippen molar-refractivity contribution in [3.63, 3.8) is 0 Å². The van der Waals surface area contributed by atoms with E-state index in [9.17, 15) is 4.79 Å². The number of hydrogen-bond acceptors (Lipinski definition) is 3. The number of aromatic nitrogens is 2. The molecule has 2 atom stereocenters. The van der Waals surface area contributed by atoms with Crippen LogP contribution in [-0.4, -0.2) is 59.1 Å². The fourth-order valence-corrected chi connectivity index (χ4v) is 4.06. The van der Waals surface area contributed by atoms with Gasteiger partial charge in [0.05, 0.1) is 17.5 Å². The number of rotatable bonds is 4. The lowest BCUT2D eigenvalue weighted by atomic mass is 9.93. The van der Waals surface area contributed by atoms with Crippen molar-refractivity contribution in [1.29, 1.82) is 0 Å². The van der Waals surface area contributed by atoms with Crippen LogP contribution in [0.3, 0.4) is 0 Å². The summed E-state index contributed by atoms with van der Waals surface area (Å²) in [5, 5.41) is 7.15. The molecule has 1 aliphatic heterocycles. The molecule has 5 heteroatoms. The number of carbonyl (C=O) groups excluding carboxylic acids is 1. The average Bonchev–Trinajstić information content (AvgIpc) is 3.36. The fourth-order valence-electron chi connectivity index (χ4n) is 4.06. The maximum Gasteiger partial charge on any atom is 0.257 e. The predicted molar refractivity (Wildman–Crippen MR) is 111 cm³/mol. The first-order chi connectivity index (χ1) is 13.5. The lowest BCUT2D eigenvalue weighted by Gasteiger charge is -2.25. The van der Waals surface area contributed by atoms with E-state index in [0.29, 0.717) is 30.6 Å². The number of aromatic amines is 1. The van der Waals surface area contributed by atoms with E-state index < -0.39 is 0 Å². The van der Waals surface area contributed by atoms with Crippen LogP contribution in [0, 0.1) is 6.92 Å². The van der Waals surface area contributed by atoms with Crippen molar-refractivity contribution >= 4 is 5.91 Å². The molecule has 0 radical (unpaired) electrons. The summed E-state index contributed by atoms with van der Waals surface area (Å²) in [5.74, 6) is 0.334. The van der Waals surface area contributed by atoms with Crippen LogP contribution in [0.1, 0.15) is 27.4 Å². The second-order valence-corrected chi connectivity index (χ2v) is 7.78. The summed E-state index contributed by atoms with van der Waals surface area (Å²) in [6.07, 6.45) is 1.65. The molecule has 0 bridgehead atoms. The molecular formula is C23H26N4O. The van der Waals surface area contributed by atoms with E-state index >= 15 is 0 Å². The second-order valence-electron chi connectivity index (χ2n) is 7.78. The van der Waals surface area contributed by atoms with Gasteiger partial charge in [-0.25, -0.2) is 0 Å². The SMILES string of the molecule is Cc1ccc([C@H]2CN(C(=O)c3cn[nH]c3-c3ccccc3)C[C@@H]2N(C)C)cc1. The Bertz CT molecular complexity index is 946. The number of aryl methyl sites for hydroxylation is 1. The van der Waals surface area contributed by atoms with Crippen molar-refractivity contribution in [3.8, 4) is 11.3 Å². The number of likely N-dealkylation sites (tertiary alicyclic amines) is 1. The molecule has 3 aromatic rings. The molecule has 5 nitrogen and oxygen atoms in total. The first-order valence-corrected chi connectivity index (χ1v) is 9.65. The fraction of sp³-hybridized carbons (Fsp3) is 0.304. The van der Waals surface area contributed by atoms with Gasteiger partial charge in [0.2, 0.25) is 0 Å². The molecule has 1 saturated heterocycles. The largest absolute Gasteiger partial charge is 0.336 e. The zero-order valence-electron chi connectivity index (χ0n) is 16.6. The topological polar surface area (TPSA) is 52.2 Å². The summed E-state index contributed by atoms with van der Waals surface area (Å²) < 4.78 is 0. The number of H-pyrrole nitrogens is 1. The molecule has 4 rings (SSSR count). The van der Waals surface area contributed by atoms with Gasteiger partial charge >= 0.3 is 0 Å². The van der Waals surface area contributed by atoms with Gasteiger partial charge in [0.1, 0.15) is 0 Å². The molecule has 1 amide bonds. The number of carbonyl (C=O) groups is 1. The first-order valence-electron chi connectivity index (χ1n) is 9.65. The van der Waals surface area contributed by atoms with Crippen molar-refractivity contribution in [2.24, 2.45) is 0 Å². The minimum absolute atomic E-state index is 0.0362. The number of nitrogens with zero attached hydrogens (tertiary/aromatic N) is 3. The van der Waals surface area contributed by atoms with Gasteiger partial charge in [0.25, 0.3) is 5.91 Å².